The molecule has 0 spiro atoms. The monoisotopic (exact) mass is 289 g/mol. The van der Waals surface area contributed by atoms with Crippen molar-refractivity contribution in [1.82, 2.24) is 25.3 Å². The van der Waals surface area contributed by atoms with Gasteiger partial charge in [-0.15, -0.1) is 0 Å². The first kappa shape index (κ1) is 14.0. The summed E-state index contributed by atoms with van der Waals surface area (Å²) in [4.78, 5) is 20.5. The largest absolute Gasteiger partial charge is 0.334 e. The molecule has 0 aromatic carbocycles. The second-order valence-electron chi connectivity index (χ2n) is 5.66. The number of H-pyrrole nitrogens is 1. The SMILES string of the molecule is CC(C)(c1noc(-c2ccc(=O)[nH]c2)n1)N1CCNCC1. The molecule has 2 N–H and O–H groups in total. The van der Waals surface area contributed by atoms with Crippen molar-refractivity contribution < 1.29 is 4.52 Å². The third-order valence-corrected chi connectivity index (χ3v) is 3.91. The number of aromatic amines is 1. The molecule has 3 heterocycles. The molecular formula is C14H19N5O2. The van der Waals surface area contributed by atoms with Gasteiger partial charge in [0, 0.05) is 38.4 Å². The topological polar surface area (TPSA) is 87.0 Å². The molecule has 1 aliphatic heterocycles. The van der Waals surface area contributed by atoms with Gasteiger partial charge in [-0.25, -0.2) is 0 Å². The third-order valence-electron chi connectivity index (χ3n) is 3.91. The molecule has 1 fully saturated rings. The molecule has 1 aliphatic rings. The van der Waals surface area contributed by atoms with E-state index in [0.717, 1.165) is 26.2 Å². The van der Waals surface area contributed by atoms with E-state index < -0.39 is 0 Å². The van der Waals surface area contributed by atoms with Crippen molar-refractivity contribution >= 4 is 0 Å². The fourth-order valence-electron chi connectivity index (χ4n) is 2.50. The van der Waals surface area contributed by atoms with E-state index in [0.29, 0.717) is 17.3 Å². The van der Waals surface area contributed by atoms with Gasteiger partial charge in [0.1, 0.15) is 0 Å². The first-order valence-corrected chi connectivity index (χ1v) is 7.06. The van der Waals surface area contributed by atoms with Crippen LogP contribution >= 0.6 is 0 Å². The van der Waals surface area contributed by atoms with Crippen LogP contribution in [0.25, 0.3) is 11.5 Å². The summed E-state index contributed by atoms with van der Waals surface area (Å²) in [5.74, 6) is 1.08. The van der Waals surface area contributed by atoms with Gasteiger partial charge in [0.2, 0.25) is 5.56 Å². The molecule has 0 unspecified atom stereocenters. The number of aromatic nitrogens is 3. The molecule has 7 heteroatoms. The van der Waals surface area contributed by atoms with Gasteiger partial charge in [-0.3, -0.25) is 9.69 Å². The minimum atomic E-state index is -0.286. The van der Waals surface area contributed by atoms with Gasteiger partial charge in [-0.1, -0.05) is 5.16 Å². The highest BCUT2D eigenvalue weighted by atomic mass is 16.5. The summed E-state index contributed by atoms with van der Waals surface area (Å²) in [6.07, 6.45) is 1.58. The van der Waals surface area contributed by atoms with Gasteiger partial charge < -0.3 is 14.8 Å². The Hall–Kier alpha value is -1.99. The normalized spacial score (nSPS) is 17.0. The maximum Gasteiger partial charge on any atom is 0.259 e. The molecule has 1 saturated heterocycles. The van der Waals surface area contributed by atoms with Crippen molar-refractivity contribution in [3.8, 4) is 11.5 Å². The Morgan fingerprint density at radius 3 is 2.71 bits per heavy atom. The van der Waals surface area contributed by atoms with Crippen LogP contribution < -0.4 is 10.9 Å². The summed E-state index contributed by atoms with van der Waals surface area (Å²) in [5, 5.41) is 7.46. The van der Waals surface area contributed by atoms with E-state index in [9.17, 15) is 4.79 Å². The molecule has 3 rings (SSSR count). The zero-order valence-electron chi connectivity index (χ0n) is 12.2. The van der Waals surface area contributed by atoms with Crippen LogP contribution in [-0.4, -0.2) is 46.2 Å². The number of hydrogen-bond donors (Lipinski definition) is 2. The number of rotatable bonds is 3. The van der Waals surface area contributed by atoms with Gasteiger partial charge in [0.25, 0.3) is 5.89 Å². The van der Waals surface area contributed by atoms with Crippen LogP contribution in [0, 0.1) is 0 Å². The Kier molecular flexibility index (Phi) is 3.60. The van der Waals surface area contributed by atoms with Gasteiger partial charge in [0.15, 0.2) is 5.82 Å². The summed E-state index contributed by atoms with van der Waals surface area (Å²) in [7, 11) is 0. The Balaban J connectivity index is 1.86. The number of piperazine rings is 1. The van der Waals surface area contributed by atoms with Crippen LogP contribution in [-0.2, 0) is 5.54 Å². The molecule has 21 heavy (non-hydrogen) atoms. The van der Waals surface area contributed by atoms with Crippen LogP contribution in [0.4, 0.5) is 0 Å². The molecule has 2 aromatic heterocycles. The minimum absolute atomic E-state index is 0.153. The first-order chi connectivity index (χ1) is 10.1. The molecule has 7 nitrogen and oxygen atoms in total. The highest BCUT2D eigenvalue weighted by Gasteiger charge is 2.34. The van der Waals surface area contributed by atoms with Crippen LogP contribution in [0.15, 0.2) is 27.6 Å². The summed E-state index contributed by atoms with van der Waals surface area (Å²) in [5.41, 5.74) is 0.274. The fraction of sp³-hybridized carbons (Fsp3) is 0.500. The van der Waals surface area contributed by atoms with Gasteiger partial charge in [-0.05, 0) is 19.9 Å². The Labute approximate surface area is 122 Å². The van der Waals surface area contributed by atoms with E-state index in [1.54, 1.807) is 12.3 Å². The van der Waals surface area contributed by atoms with Crippen molar-refractivity contribution in [1.29, 1.82) is 0 Å². The van der Waals surface area contributed by atoms with Gasteiger partial charge >= 0.3 is 0 Å². The lowest BCUT2D eigenvalue weighted by molar-refractivity contribution is 0.0925. The highest BCUT2D eigenvalue weighted by Crippen LogP contribution is 2.27. The van der Waals surface area contributed by atoms with Crippen LogP contribution in [0.3, 0.4) is 0 Å². The predicted molar refractivity (Wildman–Crippen MR) is 77.8 cm³/mol. The van der Waals surface area contributed by atoms with Crippen molar-refractivity contribution in [2.24, 2.45) is 0 Å². The summed E-state index contributed by atoms with van der Waals surface area (Å²) in [6.45, 7) is 8.03. The number of nitrogens with zero attached hydrogens (tertiary/aromatic N) is 3. The molecular weight excluding hydrogens is 270 g/mol. The van der Waals surface area contributed by atoms with E-state index in [-0.39, 0.29) is 11.1 Å². The van der Waals surface area contributed by atoms with E-state index in [1.165, 1.54) is 6.07 Å². The van der Waals surface area contributed by atoms with E-state index in [2.05, 4.69) is 39.2 Å². The van der Waals surface area contributed by atoms with Gasteiger partial charge in [-0.2, -0.15) is 4.98 Å². The van der Waals surface area contributed by atoms with Gasteiger partial charge in [0.05, 0.1) is 11.1 Å². The van der Waals surface area contributed by atoms with E-state index in [1.807, 2.05) is 0 Å². The molecule has 0 saturated carbocycles. The standard InChI is InChI=1S/C14H19N5O2/c1-14(2,19-7-5-15-6-8-19)13-17-12(21-18-13)10-3-4-11(20)16-9-10/h3-4,9,15H,5-8H2,1-2H3,(H,16,20). The van der Waals surface area contributed by atoms with Crippen molar-refractivity contribution in [3.05, 3.63) is 34.5 Å². The minimum Gasteiger partial charge on any atom is -0.334 e. The zero-order chi connectivity index (χ0) is 14.9. The maximum absolute atomic E-state index is 11.1. The van der Waals surface area contributed by atoms with Crippen molar-refractivity contribution in [2.75, 3.05) is 26.2 Å². The molecule has 0 atom stereocenters. The Bertz CT molecular complexity index is 650. The summed E-state index contributed by atoms with van der Waals surface area (Å²) >= 11 is 0. The Morgan fingerprint density at radius 2 is 2.05 bits per heavy atom. The Morgan fingerprint density at radius 1 is 1.29 bits per heavy atom. The lowest BCUT2D eigenvalue weighted by atomic mass is 10.0. The van der Waals surface area contributed by atoms with Crippen LogP contribution in [0.2, 0.25) is 0 Å². The summed E-state index contributed by atoms with van der Waals surface area (Å²) in [6, 6.07) is 3.12. The number of nitrogens with one attached hydrogen (secondary N) is 2. The van der Waals surface area contributed by atoms with E-state index in [4.69, 9.17) is 4.52 Å². The molecule has 2 aromatic rings. The molecule has 0 aliphatic carbocycles. The lowest BCUT2D eigenvalue weighted by Gasteiger charge is -2.38. The zero-order valence-corrected chi connectivity index (χ0v) is 12.2. The van der Waals surface area contributed by atoms with Crippen LogP contribution in [0.1, 0.15) is 19.7 Å². The second-order valence-corrected chi connectivity index (χ2v) is 5.66. The average molecular weight is 289 g/mol. The van der Waals surface area contributed by atoms with E-state index >= 15 is 0 Å². The van der Waals surface area contributed by atoms with Crippen molar-refractivity contribution in [3.63, 3.8) is 0 Å². The molecule has 0 bridgehead atoms. The summed E-state index contributed by atoms with van der Waals surface area (Å²) < 4.78 is 5.34. The van der Waals surface area contributed by atoms with Crippen molar-refractivity contribution in [2.45, 2.75) is 19.4 Å². The quantitative estimate of drug-likeness (QED) is 0.859. The average Bonchev–Trinajstić information content (AvgIpc) is 2.99. The smallest absolute Gasteiger partial charge is 0.259 e. The molecule has 0 radical (unpaired) electrons. The molecule has 0 amide bonds. The third kappa shape index (κ3) is 2.74. The predicted octanol–water partition coefficient (Wildman–Crippen LogP) is 0.565. The lowest BCUT2D eigenvalue weighted by Crippen LogP contribution is -2.52. The number of hydrogen-bond acceptors (Lipinski definition) is 6. The second kappa shape index (κ2) is 5.42. The highest BCUT2D eigenvalue weighted by molar-refractivity contribution is 5.50. The van der Waals surface area contributed by atoms with Crippen LogP contribution in [0.5, 0.6) is 0 Å². The maximum atomic E-state index is 11.1. The first-order valence-electron chi connectivity index (χ1n) is 7.06. The molecule has 112 valence electrons. The fourth-order valence-corrected chi connectivity index (χ4v) is 2.50. The number of pyridine rings is 1.